The minimum atomic E-state index is -4.92. The smallest absolute Gasteiger partial charge is 0.431 e. The molecule has 0 unspecified atom stereocenters. The maximum absolute atomic E-state index is 15.6. The molecule has 1 saturated carbocycles. The molecular weight excluding hydrogens is 734 g/mol. The second-order valence-electron chi connectivity index (χ2n) is 13.3. The Morgan fingerprint density at radius 2 is 1.69 bits per heavy atom. The van der Waals surface area contributed by atoms with Crippen molar-refractivity contribution in [3.63, 3.8) is 0 Å². The van der Waals surface area contributed by atoms with Crippen molar-refractivity contribution in [2.45, 2.75) is 50.1 Å². The van der Waals surface area contributed by atoms with Gasteiger partial charge in [0.05, 0.1) is 47.9 Å². The molecule has 0 radical (unpaired) electrons. The minimum absolute atomic E-state index is 0.101. The van der Waals surface area contributed by atoms with Crippen LogP contribution < -0.4 is 16.0 Å². The maximum Gasteiger partial charge on any atom is 0.431 e. The molecule has 0 bridgehead atoms. The number of allylic oxidation sites excluding steroid dienone is 2. The average Bonchev–Trinajstić information content (AvgIpc) is 3.63. The number of aliphatic imine (C=N–C) groups is 1. The molecule has 2 amide bonds. The van der Waals surface area contributed by atoms with E-state index in [9.17, 15) is 41.0 Å². The second kappa shape index (κ2) is 15.2. The van der Waals surface area contributed by atoms with Crippen LogP contribution >= 0.6 is 0 Å². The highest BCUT2D eigenvalue weighted by atomic mass is 19.4. The van der Waals surface area contributed by atoms with E-state index in [0.29, 0.717) is 70.4 Å². The number of carbonyl (C=O) groups excluding carboxylic acids is 2. The van der Waals surface area contributed by atoms with Crippen LogP contribution in [0.3, 0.4) is 0 Å². The van der Waals surface area contributed by atoms with Gasteiger partial charge in [-0.1, -0.05) is 18.9 Å². The van der Waals surface area contributed by atoms with Gasteiger partial charge in [0.1, 0.15) is 23.7 Å². The molecule has 292 valence electrons. The predicted molar refractivity (Wildman–Crippen MR) is 180 cm³/mol. The fraction of sp³-hybridized carbons (Fsp3) is 0.457. The molecule has 1 aliphatic carbocycles. The van der Waals surface area contributed by atoms with Gasteiger partial charge in [0.25, 0.3) is 11.8 Å². The normalized spacial score (nSPS) is 19.9. The van der Waals surface area contributed by atoms with Crippen LogP contribution in [0.5, 0.6) is 0 Å². The molecule has 2 fully saturated rings. The van der Waals surface area contributed by atoms with Crippen molar-refractivity contribution in [1.82, 2.24) is 20.2 Å². The van der Waals surface area contributed by atoms with Crippen LogP contribution in [0.15, 0.2) is 58.4 Å². The standard InChI is InChI=1S/C35H37F8N7O4/c1-48-33(8-2-3-9-33)30(51)27(32(53)50(48)18-20-4-6-24(29(37)28(20)36)44-10-11-49-12-14-54-15-13-49)31(52)47-23-7-5-21(34(38,39)40)16-22(23)25-17-26(35(41,42)43)46-19-45-25/h4-7,16-17,44,46,51H,2-3,8-15,18-19H2,1H3,(H,47,52). The Balaban J connectivity index is 1.29. The van der Waals surface area contributed by atoms with Crippen LogP contribution in [0.25, 0.3) is 0 Å². The van der Waals surface area contributed by atoms with Crippen LogP contribution in [-0.2, 0) is 27.0 Å². The summed E-state index contributed by atoms with van der Waals surface area (Å²) in [7, 11) is 1.46. The molecule has 54 heavy (non-hydrogen) atoms. The van der Waals surface area contributed by atoms with Gasteiger partial charge in [-0.25, -0.2) is 13.8 Å². The lowest BCUT2D eigenvalue weighted by atomic mass is 9.88. The summed E-state index contributed by atoms with van der Waals surface area (Å²) in [5.74, 6) is -5.50. The number of carbonyl (C=O) groups is 2. The number of nitrogens with zero attached hydrogens (tertiary/aromatic N) is 4. The van der Waals surface area contributed by atoms with Gasteiger partial charge in [-0.05, 0) is 43.2 Å². The van der Waals surface area contributed by atoms with Crippen molar-refractivity contribution in [3.8, 4) is 0 Å². The Labute approximate surface area is 304 Å². The lowest BCUT2D eigenvalue weighted by Gasteiger charge is -2.48. The Morgan fingerprint density at radius 3 is 2.35 bits per heavy atom. The predicted octanol–water partition coefficient (Wildman–Crippen LogP) is 5.48. The summed E-state index contributed by atoms with van der Waals surface area (Å²) in [6, 6.07) is 4.51. The number of hydrazine groups is 1. The number of nitrogens with one attached hydrogen (secondary N) is 3. The van der Waals surface area contributed by atoms with E-state index in [0.717, 1.165) is 11.1 Å². The quantitative estimate of drug-likeness (QED) is 0.196. The van der Waals surface area contributed by atoms with E-state index in [1.165, 1.54) is 24.2 Å². The van der Waals surface area contributed by atoms with Crippen LogP contribution in [0.1, 0.15) is 42.4 Å². The van der Waals surface area contributed by atoms with E-state index in [-0.39, 0.29) is 24.1 Å². The average molecular weight is 772 g/mol. The topological polar surface area (TPSA) is 122 Å². The molecule has 3 aliphatic heterocycles. The Kier molecular flexibility index (Phi) is 10.9. The van der Waals surface area contributed by atoms with E-state index in [1.807, 2.05) is 5.32 Å². The van der Waals surface area contributed by atoms with Crippen molar-refractivity contribution in [3.05, 3.63) is 81.8 Å². The number of ether oxygens (including phenoxy) is 1. The second-order valence-corrected chi connectivity index (χ2v) is 13.3. The van der Waals surface area contributed by atoms with Crippen molar-refractivity contribution < 1.29 is 54.6 Å². The number of morpholine rings is 1. The summed E-state index contributed by atoms with van der Waals surface area (Å²) in [5, 5.41) is 21.1. The molecule has 2 aromatic rings. The van der Waals surface area contributed by atoms with Crippen molar-refractivity contribution >= 4 is 28.9 Å². The third-order valence-corrected chi connectivity index (χ3v) is 10.1. The SMILES string of the molecule is CN1N(Cc2ccc(NCCN3CCOCC3)c(F)c2F)C(=O)C(C(=O)Nc2ccc(C(F)(F)F)cc2C2=NCNC(C(F)(F)F)=C2)=C(O)C12CCCC2. The first-order valence-corrected chi connectivity index (χ1v) is 17.1. The zero-order valence-corrected chi connectivity index (χ0v) is 28.9. The van der Waals surface area contributed by atoms with Crippen LogP contribution in [-0.4, -0.2) is 102 Å². The number of rotatable bonds is 9. The van der Waals surface area contributed by atoms with Crippen LogP contribution in [0.4, 0.5) is 46.5 Å². The van der Waals surface area contributed by atoms with Gasteiger partial charge < -0.3 is 25.8 Å². The fourth-order valence-electron chi connectivity index (χ4n) is 7.08. The molecule has 6 rings (SSSR count). The van der Waals surface area contributed by atoms with Crippen LogP contribution in [0, 0.1) is 11.6 Å². The highest BCUT2D eigenvalue weighted by Gasteiger charge is 2.53. The lowest BCUT2D eigenvalue weighted by Crippen LogP contribution is -2.62. The first-order valence-electron chi connectivity index (χ1n) is 17.1. The summed E-state index contributed by atoms with van der Waals surface area (Å²) in [6.07, 6.45) is -7.72. The molecular formula is C35H37F8N7O4. The number of hydrogen-bond donors (Lipinski definition) is 4. The molecule has 1 spiro atoms. The number of hydrogen-bond acceptors (Lipinski definition) is 9. The van der Waals surface area contributed by atoms with Crippen molar-refractivity contribution in [2.24, 2.45) is 4.99 Å². The molecule has 19 heteroatoms. The highest BCUT2D eigenvalue weighted by Crippen LogP contribution is 2.45. The first-order chi connectivity index (χ1) is 25.5. The van der Waals surface area contributed by atoms with E-state index in [4.69, 9.17) is 4.74 Å². The van der Waals surface area contributed by atoms with Crippen molar-refractivity contribution in [2.75, 3.05) is 63.7 Å². The monoisotopic (exact) mass is 771 g/mol. The molecule has 0 aromatic heterocycles. The minimum Gasteiger partial charge on any atom is -0.509 e. The van der Waals surface area contributed by atoms with Crippen LogP contribution in [0.2, 0.25) is 0 Å². The Bertz CT molecular complexity index is 1880. The fourth-order valence-corrected chi connectivity index (χ4v) is 7.08. The lowest BCUT2D eigenvalue weighted by molar-refractivity contribution is -0.163. The first kappa shape index (κ1) is 39.0. The van der Waals surface area contributed by atoms with E-state index < -0.39 is 94.1 Å². The molecule has 2 aromatic carbocycles. The number of aliphatic hydroxyl groups is 1. The van der Waals surface area contributed by atoms with E-state index in [2.05, 4.69) is 20.5 Å². The molecule has 4 N–H and O–H groups in total. The maximum atomic E-state index is 15.6. The van der Waals surface area contributed by atoms with Gasteiger partial charge >= 0.3 is 12.4 Å². The van der Waals surface area contributed by atoms with Gasteiger partial charge in [-0.3, -0.25) is 24.5 Å². The zero-order chi connectivity index (χ0) is 39.0. The number of halogens is 8. The van der Waals surface area contributed by atoms with Gasteiger partial charge in [0.15, 0.2) is 11.6 Å². The number of alkyl halides is 6. The third-order valence-electron chi connectivity index (χ3n) is 10.1. The van der Waals surface area contributed by atoms with Gasteiger partial charge in [0, 0.05) is 44.4 Å². The molecule has 4 aliphatic rings. The van der Waals surface area contributed by atoms with Gasteiger partial charge in [0.2, 0.25) is 0 Å². The largest absolute Gasteiger partial charge is 0.509 e. The number of amides is 2. The number of aliphatic hydroxyl groups excluding tert-OH is 1. The summed E-state index contributed by atoms with van der Waals surface area (Å²) in [5.41, 5.74) is -6.54. The number of likely N-dealkylation sites (N-methyl/N-ethyl adjacent to an activating group) is 1. The van der Waals surface area contributed by atoms with E-state index >= 15 is 8.78 Å². The summed E-state index contributed by atoms with van der Waals surface area (Å²) in [6.45, 7) is 2.24. The third kappa shape index (κ3) is 7.74. The highest BCUT2D eigenvalue weighted by molar-refractivity contribution is 6.25. The van der Waals surface area contributed by atoms with Gasteiger partial charge in [-0.15, -0.1) is 0 Å². The Morgan fingerprint density at radius 1 is 1.00 bits per heavy atom. The van der Waals surface area contributed by atoms with E-state index in [1.54, 1.807) is 0 Å². The summed E-state index contributed by atoms with van der Waals surface area (Å²) in [4.78, 5) is 34.0. The molecule has 1 saturated heterocycles. The zero-order valence-electron chi connectivity index (χ0n) is 28.9. The number of anilines is 2. The molecule has 3 heterocycles. The summed E-state index contributed by atoms with van der Waals surface area (Å²) >= 11 is 0. The van der Waals surface area contributed by atoms with Gasteiger partial charge in [-0.2, -0.15) is 26.3 Å². The van der Waals surface area contributed by atoms with Crippen molar-refractivity contribution in [1.29, 1.82) is 0 Å². The molecule has 11 nitrogen and oxygen atoms in total. The molecule has 0 atom stereocenters. The summed E-state index contributed by atoms with van der Waals surface area (Å²) < 4.78 is 118. The number of benzene rings is 2. The Hall–Kier alpha value is -4.75.